The van der Waals surface area contributed by atoms with Gasteiger partial charge in [-0.25, -0.2) is 0 Å². The third-order valence-corrected chi connectivity index (χ3v) is 4.74. The predicted molar refractivity (Wildman–Crippen MR) is 116 cm³/mol. The molecule has 0 atom stereocenters. The highest BCUT2D eigenvalue weighted by Crippen LogP contribution is 2.19. The first-order valence-corrected chi connectivity index (χ1v) is 9.73. The molecule has 0 aliphatic heterocycles. The second-order valence-electron chi connectivity index (χ2n) is 7.16. The van der Waals surface area contributed by atoms with Crippen molar-refractivity contribution in [1.82, 2.24) is 4.98 Å². The average Bonchev–Trinajstić information content (AvgIpc) is 2.74. The maximum atomic E-state index is 12.6. The number of hydrogen-bond acceptors (Lipinski definition) is 3. The van der Waals surface area contributed by atoms with Gasteiger partial charge in [-0.05, 0) is 47.7 Å². The molecule has 3 aromatic rings. The molecule has 2 aromatic carbocycles. The number of nitrogens with zero attached hydrogens (tertiary/aromatic N) is 1. The molecule has 0 aliphatic carbocycles. The number of pyridine rings is 1. The van der Waals surface area contributed by atoms with E-state index in [0.717, 1.165) is 17.7 Å². The van der Waals surface area contributed by atoms with Gasteiger partial charge in [0, 0.05) is 23.8 Å². The highest BCUT2D eigenvalue weighted by Gasteiger charge is 2.13. The summed E-state index contributed by atoms with van der Waals surface area (Å²) < 4.78 is 0. The second kappa shape index (κ2) is 9.15. The molecule has 29 heavy (non-hydrogen) atoms. The summed E-state index contributed by atoms with van der Waals surface area (Å²) in [5.41, 5.74) is 4.38. The molecule has 5 nitrogen and oxygen atoms in total. The van der Waals surface area contributed by atoms with Crippen LogP contribution in [0, 0.1) is 0 Å². The van der Waals surface area contributed by atoms with Crippen LogP contribution in [-0.4, -0.2) is 16.8 Å². The number of anilines is 2. The molecule has 0 saturated heterocycles. The number of hydrogen-bond donors (Lipinski definition) is 2. The molecule has 1 aromatic heterocycles. The minimum atomic E-state index is -0.307. The Labute approximate surface area is 171 Å². The van der Waals surface area contributed by atoms with E-state index >= 15 is 0 Å². The van der Waals surface area contributed by atoms with Crippen LogP contribution in [0.3, 0.4) is 0 Å². The fraction of sp³-hybridized carbons (Fsp3) is 0.208. The van der Waals surface area contributed by atoms with Crippen molar-refractivity contribution >= 4 is 23.2 Å². The lowest BCUT2D eigenvalue weighted by molar-refractivity contribution is 0.102. The molecule has 148 valence electrons. The van der Waals surface area contributed by atoms with Crippen LogP contribution in [-0.2, 0) is 6.42 Å². The van der Waals surface area contributed by atoms with E-state index in [0.29, 0.717) is 22.7 Å². The van der Waals surface area contributed by atoms with Crippen LogP contribution in [0.25, 0.3) is 0 Å². The largest absolute Gasteiger partial charge is 0.322 e. The van der Waals surface area contributed by atoms with Gasteiger partial charge in [0.05, 0.1) is 11.1 Å². The summed E-state index contributed by atoms with van der Waals surface area (Å²) in [4.78, 5) is 29.3. The standard InChI is InChI=1S/C24H25N3O2/c1-4-17-7-5-6-8-22(17)27-24(29)20-13-19(14-25-15-20)23(28)26-21-11-9-18(10-12-21)16(2)3/h5-16H,4H2,1-3H3,(H,26,28)(H,27,29). The minimum absolute atomic E-state index is 0.297. The molecular weight excluding hydrogens is 362 g/mol. The first kappa shape index (κ1) is 20.3. The van der Waals surface area contributed by atoms with Gasteiger partial charge in [-0.3, -0.25) is 14.6 Å². The van der Waals surface area contributed by atoms with Crippen LogP contribution in [0.1, 0.15) is 58.5 Å². The van der Waals surface area contributed by atoms with E-state index in [9.17, 15) is 9.59 Å². The zero-order valence-electron chi connectivity index (χ0n) is 16.9. The maximum absolute atomic E-state index is 12.6. The summed E-state index contributed by atoms with van der Waals surface area (Å²) in [7, 11) is 0. The Kier molecular flexibility index (Phi) is 6.39. The number of carbonyl (C=O) groups is 2. The van der Waals surface area contributed by atoms with Gasteiger partial charge >= 0.3 is 0 Å². The molecule has 3 rings (SSSR count). The van der Waals surface area contributed by atoms with Crippen molar-refractivity contribution in [2.75, 3.05) is 10.6 Å². The Morgan fingerprint density at radius 2 is 1.52 bits per heavy atom. The number of nitrogens with one attached hydrogen (secondary N) is 2. The third kappa shape index (κ3) is 5.08. The van der Waals surface area contributed by atoms with Gasteiger partial charge in [0.25, 0.3) is 11.8 Å². The summed E-state index contributed by atoms with van der Waals surface area (Å²) in [5.74, 6) is -0.176. The molecule has 0 radical (unpaired) electrons. The van der Waals surface area contributed by atoms with Crippen molar-refractivity contribution < 1.29 is 9.59 Å². The monoisotopic (exact) mass is 387 g/mol. The van der Waals surface area contributed by atoms with Crippen LogP contribution in [0.15, 0.2) is 67.0 Å². The van der Waals surface area contributed by atoms with E-state index in [1.807, 2.05) is 55.5 Å². The Morgan fingerprint density at radius 1 is 0.897 bits per heavy atom. The summed E-state index contributed by atoms with van der Waals surface area (Å²) >= 11 is 0. The topological polar surface area (TPSA) is 71.1 Å². The fourth-order valence-electron chi connectivity index (χ4n) is 2.99. The highest BCUT2D eigenvalue weighted by atomic mass is 16.2. The lowest BCUT2D eigenvalue weighted by Crippen LogP contribution is -2.16. The summed E-state index contributed by atoms with van der Waals surface area (Å²) in [6.07, 6.45) is 3.72. The predicted octanol–water partition coefficient (Wildman–Crippen LogP) is 5.27. The number of para-hydroxylation sites is 1. The summed E-state index contributed by atoms with van der Waals surface area (Å²) in [6, 6.07) is 16.9. The molecule has 0 unspecified atom stereocenters. The lowest BCUT2D eigenvalue weighted by Gasteiger charge is -2.11. The zero-order chi connectivity index (χ0) is 20.8. The number of rotatable bonds is 6. The molecule has 0 aliphatic rings. The summed E-state index contributed by atoms with van der Waals surface area (Å²) in [6.45, 7) is 6.27. The van der Waals surface area contributed by atoms with Gasteiger partial charge in [0.1, 0.15) is 0 Å². The van der Waals surface area contributed by atoms with Gasteiger partial charge in [0.15, 0.2) is 0 Å². The van der Waals surface area contributed by atoms with Gasteiger partial charge < -0.3 is 10.6 Å². The van der Waals surface area contributed by atoms with Crippen LogP contribution in [0.4, 0.5) is 11.4 Å². The first-order valence-electron chi connectivity index (χ1n) is 9.73. The van der Waals surface area contributed by atoms with E-state index in [1.54, 1.807) is 6.07 Å². The van der Waals surface area contributed by atoms with Crippen molar-refractivity contribution in [3.63, 3.8) is 0 Å². The number of aryl methyl sites for hydroxylation is 1. The zero-order valence-corrected chi connectivity index (χ0v) is 16.9. The highest BCUT2D eigenvalue weighted by molar-refractivity contribution is 6.08. The van der Waals surface area contributed by atoms with E-state index in [1.165, 1.54) is 18.0 Å². The Hall–Kier alpha value is -3.47. The average molecular weight is 387 g/mol. The van der Waals surface area contributed by atoms with Crippen LogP contribution >= 0.6 is 0 Å². The first-order chi connectivity index (χ1) is 14.0. The molecule has 2 amide bonds. The molecular formula is C24H25N3O2. The fourth-order valence-corrected chi connectivity index (χ4v) is 2.99. The Morgan fingerprint density at radius 3 is 2.14 bits per heavy atom. The smallest absolute Gasteiger partial charge is 0.257 e. The maximum Gasteiger partial charge on any atom is 0.257 e. The molecule has 2 N–H and O–H groups in total. The lowest BCUT2D eigenvalue weighted by atomic mass is 10.0. The van der Waals surface area contributed by atoms with Crippen molar-refractivity contribution in [2.45, 2.75) is 33.1 Å². The SMILES string of the molecule is CCc1ccccc1NC(=O)c1cncc(C(=O)Nc2ccc(C(C)C)cc2)c1. The molecule has 0 fully saturated rings. The normalized spacial score (nSPS) is 10.6. The van der Waals surface area contributed by atoms with E-state index in [4.69, 9.17) is 0 Å². The Bertz CT molecular complexity index is 1010. The van der Waals surface area contributed by atoms with Crippen molar-refractivity contribution in [3.05, 3.63) is 89.2 Å². The minimum Gasteiger partial charge on any atom is -0.322 e. The molecule has 0 bridgehead atoms. The van der Waals surface area contributed by atoms with Gasteiger partial charge in [0.2, 0.25) is 0 Å². The second-order valence-corrected chi connectivity index (χ2v) is 7.16. The van der Waals surface area contributed by atoms with Gasteiger partial charge in [-0.15, -0.1) is 0 Å². The third-order valence-electron chi connectivity index (χ3n) is 4.74. The van der Waals surface area contributed by atoms with Crippen molar-refractivity contribution in [1.29, 1.82) is 0 Å². The van der Waals surface area contributed by atoms with E-state index < -0.39 is 0 Å². The molecule has 5 heteroatoms. The van der Waals surface area contributed by atoms with Crippen LogP contribution < -0.4 is 10.6 Å². The molecule has 1 heterocycles. The van der Waals surface area contributed by atoms with E-state index in [2.05, 4.69) is 29.5 Å². The van der Waals surface area contributed by atoms with Crippen LogP contribution in [0.2, 0.25) is 0 Å². The number of carbonyl (C=O) groups excluding carboxylic acids is 2. The van der Waals surface area contributed by atoms with Gasteiger partial charge in [-0.2, -0.15) is 0 Å². The van der Waals surface area contributed by atoms with Crippen molar-refractivity contribution in [3.8, 4) is 0 Å². The quantitative estimate of drug-likeness (QED) is 0.605. The van der Waals surface area contributed by atoms with Crippen molar-refractivity contribution in [2.24, 2.45) is 0 Å². The number of amides is 2. The van der Waals surface area contributed by atoms with Gasteiger partial charge in [-0.1, -0.05) is 51.1 Å². The number of aromatic nitrogens is 1. The number of benzene rings is 2. The molecule has 0 spiro atoms. The van der Waals surface area contributed by atoms with Crippen LogP contribution in [0.5, 0.6) is 0 Å². The summed E-state index contributed by atoms with van der Waals surface area (Å²) in [5, 5.41) is 5.75. The van der Waals surface area contributed by atoms with E-state index in [-0.39, 0.29) is 11.8 Å². The molecule has 0 saturated carbocycles. The Balaban J connectivity index is 1.72.